The molecule has 0 spiro atoms. The SMILES string of the molecule is CCNC(=NCCNS(=O)(=O)c1cccnc1)N1CCCC(C)C1.I. The van der Waals surface area contributed by atoms with Crippen LogP contribution in [0.2, 0.25) is 0 Å². The lowest BCUT2D eigenvalue weighted by Crippen LogP contribution is -2.46. The van der Waals surface area contributed by atoms with Crippen LogP contribution in [-0.2, 0) is 10.0 Å². The molecular formula is C16H28IN5O2S. The molecule has 0 aliphatic carbocycles. The molecule has 9 heteroatoms. The van der Waals surface area contributed by atoms with Gasteiger partial charge in [0.2, 0.25) is 10.0 Å². The van der Waals surface area contributed by atoms with E-state index in [1.54, 1.807) is 12.3 Å². The number of guanidine groups is 1. The Labute approximate surface area is 167 Å². The summed E-state index contributed by atoms with van der Waals surface area (Å²) in [7, 11) is -3.52. The number of aromatic nitrogens is 1. The molecule has 1 fully saturated rings. The maximum Gasteiger partial charge on any atom is 0.242 e. The monoisotopic (exact) mass is 481 g/mol. The zero-order chi connectivity index (χ0) is 17.4. The van der Waals surface area contributed by atoms with Crippen molar-refractivity contribution in [3.05, 3.63) is 24.5 Å². The van der Waals surface area contributed by atoms with Crippen molar-refractivity contribution in [3.63, 3.8) is 0 Å². The van der Waals surface area contributed by atoms with E-state index in [1.807, 2.05) is 6.92 Å². The molecule has 0 amide bonds. The first kappa shape index (κ1) is 22.1. The summed E-state index contributed by atoms with van der Waals surface area (Å²) in [4.78, 5) is 10.8. The maximum absolute atomic E-state index is 12.1. The predicted octanol–water partition coefficient (Wildman–Crippen LogP) is 1.68. The number of hydrogen-bond donors (Lipinski definition) is 2. The van der Waals surface area contributed by atoms with E-state index in [4.69, 9.17) is 0 Å². The van der Waals surface area contributed by atoms with E-state index in [1.165, 1.54) is 25.1 Å². The molecule has 25 heavy (non-hydrogen) atoms. The number of halogens is 1. The van der Waals surface area contributed by atoms with Crippen molar-refractivity contribution >= 4 is 40.0 Å². The summed E-state index contributed by atoms with van der Waals surface area (Å²) in [6.07, 6.45) is 5.30. The van der Waals surface area contributed by atoms with Crippen LogP contribution in [0.1, 0.15) is 26.7 Å². The Bertz CT molecular complexity index is 639. The molecule has 1 atom stereocenters. The summed E-state index contributed by atoms with van der Waals surface area (Å²) in [5, 5.41) is 3.29. The quantitative estimate of drug-likeness (QED) is 0.280. The number of pyridine rings is 1. The Kier molecular flexibility index (Phi) is 9.65. The van der Waals surface area contributed by atoms with Crippen molar-refractivity contribution in [2.24, 2.45) is 10.9 Å². The van der Waals surface area contributed by atoms with Crippen molar-refractivity contribution in [3.8, 4) is 0 Å². The lowest BCUT2D eigenvalue weighted by molar-refractivity contribution is 0.266. The summed E-state index contributed by atoms with van der Waals surface area (Å²) < 4.78 is 26.8. The van der Waals surface area contributed by atoms with Crippen LogP contribution >= 0.6 is 24.0 Å². The van der Waals surface area contributed by atoms with Crippen molar-refractivity contribution in [2.75, 3.05) is 32.7 Å². The van der Waals surface area contributed by atoms with E-state index in [2.05, 4.69) is 31.8 Å². The number of piperidine rings is 1. The molecule has 1 aliphatic rings. The van der Waals surface area contributed by atoms with Gasteiger partial charge in [0.15, 0.2) is 5.96 Å². The molecule has 1 saturated heterocycles. The van der Waals surface area contributed by atoms with Crippen LogP contribution in [0.25, 0.3) is 0 Å². The molecule has 2 rings (SSSR count). The van der Waals surface area contributed by atoms with Crippen LogP contribution in [0, 0.1) is 5.92 Å². The van der Waals surface area contributed by atoms with Gasteiger partial charge in [-0.2, -0.15) is 0 Å². The van der Waals surface area contributed by atoms with Crippen LogP contribution in [-0.4, -0.2) is 57.0 Å². The second-order valence-electron chi connectivity index (χ2n) is 6.02. The summed E-state index contributed by atoms with van der Waals surface area (Å²) in [6.45, 7) is 7.73. The Morgan fingerprint density at radius 1 is 1.48 bits per heavy atom. The van der Waals surface area contributed by atoms with E-state index in [9.17, 15) is 8.42 Å². The summed E-state index contributed by atoms with van der Waals surface area (Å²) in [5.41, 5.74) is 0. The first-order valence-electron chi connectivity index (χ1n) is 8.46. The van der Waals surface area contributed by atoms with E-state index in [0.29, 0.717) is 12.5 Å². The normalized spacial score (nSPS) is 18.6. The molecular weight excluding hydrogens is 453 g/mol. The minimum atomic E-state index is -3.52. The predicted molar refractivity (Wildman–Crippen MR) is 111 cm³/mol. The molecule has 0 radical (unpaired) electrons. The minimum Gasteiger partial charge on any atom is -0.357 e. The van der Waals surface area contributed by atoms with Gasteiger partial charge in [0, 0.05) is 38.6 Å². The molecule has 1 aromatic heterocycles. The van der Waals surface area contributed by atoms with Crippen molar-refractivity contribution < 1.29 is 8.42 Å². The van der Waals surface area contributed by atoms with Crippen LogP contribution in [0.5, 0.6) is 0 Å². The fraction of sp³-hybridized carbons (Fsp3) is 0.625. The average Bonchev–Trinajstić information content (AvgIpc) is 2.58. The smallest absolute Gasteiger partial charge is 0.242 e. The number of hydrogen-bond acceptors (Lipinski definition) is 4. The molecule has 2 N–H and O–H groups in total. The molecule has 1 unspecified atom stereocenters. The lowest BCUT2D eigenvalue weighted by atomic mass is 10.0. The van der Waals surface area contributed by atoms with Crippen LogP contribution in [0.15, 0.2) is 34.4 Å². The van der Waals surface area contributed by atoms with Crippen molar-refractivity contribution in [1.82, 2.24) is 19.9 Å². The zero-order valence-corrected chi connectivity index (χ0v) is 18.0. The van der Waals surface area contributed by atoms with Gasteiger partial charge < -0.3 is 10.2 Å². The molecule has 2 heterocycles. The number of sulfonamides is 1. The second kappa shape index (κ2) is 10.9. The van der Waals surface area contributed by atoms with E-state index >= 15 is 0 Å². The molecule has 0 saturated carbocycles. The van der Waals surface area contributed by atoms with Crippen LogP contribution in [0.3, 0.4) is 0 Å². The highest BCUT2D eigenvalue weighted by Gasteiger charge is 2.19. The van der Waals surface area contributed by atoms with E-state index in [0.717, 1.165) is 25.6 Å². The molecule has 0 aromatic carbocycles. The Morgan fingerprint density at radius 3 is 2.92 bits per heavy atom. The summed E-state index contributed by atoms with van der Waals surface area (Å²) in [5.74, 6) is 1.52. The summed E-state index contributed by atoms with van der Waals surface area (Å²) in [6, 6.07) is 3.13. The molecule has 7 nitrogen and oxygen atoms in total. The first-order valence-corrected chi connectivity index (χ1v) is 9.94. The third-order valence-electron chi connectivity index (χ3n) is 3.90. The van der Waals surface area contributed by atoms with Gasteiger partial charge in [-0.1, -0.05) is 6.92 Å². The highest BCUT2D eigenvalue weighted by atomic mass is 127. The van der Waals surface area contributed by atoms with Gasteiger partial charge in [-0.05, 0) is 37.8 Å². The zero-order valence-electron chi connectivity index (χ0n) is 14.8. The third kappa shape index (κ3) is 7.06. The average molecular weight is 481 g/mol. The third-order valence-corrected chi connectivity index (χ3v) is 5.35. The van der Waals surface area contributed by atoms with Gasteiger partial charge in [-0.15, -0.1) is 24.0 Å². The molecule has 1 aliphatic heterocycles. The molecule has 1 aromatic rings. The topological polar surface area (TPSA) is 86.7 Å². The number of nitrogens with zero attached hydrogens (tertiary/aromatic N) is 3. The summed E-state index contributed by atoms with van der Waals surface area (Å²) >= 11 is 0. The minimum absolute atomic E-state index is 0. The van der Waals surface area contributed by atoms with Crippen LogP contribution in [0.4, 0.5) is 0 Å². The largest absolute Gasteiger partial charge is 0.357 e. The van der Waals surface area contributed by atoms with Crippen LogP contribution < -0.4 is 10.0 Å². The number of aliphatic imine (C=N–C) groups is 1. The van der Waals surface area contributed by atoms with E-state index in [-0.39, 0.29) is 35.4 Å². The van der Waals surface area contributed by atoms with Gasteiger partial charge >= 0.3 is 0 Å². The Morgan fingerprint density at radius 2 is 2.28 bits per heavy atom. The van der Waals surface area contributed by atoms with Crippen molar-refractivity contribution in [1.29, 1.82) is 0 Å². The van der Waals surface area contributed by atoms with Gasteiger partial charge in [-0.3, -0.25) is 9.98 Å². The Balaban J connectivity index is 0.00000312. The fourth-order valence-electron chi connectivity index (χ4n) is 2.74. The highest BCUT2D eigenvalue weighted by molar-refractivity contribution is 14.0. The number of nitrogens with one attached hydrogen (secondary N) is 2. The lowest BCUT2D eigenvalue weighted by Gasteiger charge is -2.33. The number of rotatable bonds is 6. The molecule has 142 valence electrons. The first-order chi connectivity index (χ1) is 11.5. The van der Waals surface area contributed by atoms with E-state index < -0.39 is 10.0 Å². The standard InChI is InChI=1S/C16H27N5O2S.HI/c1-3-18-16(21-11-5-6-14(2)13-21)19-9-10-20-24(22,23)15-7-4-8-17-12-15;/h4,7-8,12,14,20H,3,5-6,9-11,13H2,1-2H3,(H,18,19);1H. The maximum atomic E-state index is 12.1. The molecule has 0 bridgehead atoms. The fourth-order valence-corrected chi connectivity index (χ4v) is 3.72. The second-order valence-corrected chi connectivity index (χ2v) is 7.78. The van der Waals surface area contributed by atoms with Crippen molar-refractivity contribution in [2.45, 2.75) is 31.6 Å². The Hall–Kier alpha value is -0.940. The number of likely N-dealkylation sites (tertiary alicyclic amines) is 1. The van der Waals surface area contributed by atoms with Gasteiger partial charge in [-0.25, -0.2) is 13.1 Å². The van der Waals surface area contributed by atoms with Gasteiger partial charge in [0.1, 0.15) is 4.90 Å². The van der Waals surface area contributed by atoms with Gasteiger partial charge in [0.25, 0.3) is 0 Å². The van der Waals surface area contributed by atoms with Gasteiger partial charge in [0.05, 0.1) is 6.54 Å². The highest BCUT2D eigenvalue weighted by Crippen LogP contribution is 2.15.